The number of fused-ring (bicyclic) bond motifs is 1. The van der Waals surface area contributed by atoms with Crippen LogP contribution in [0.25, 0.3) is 0 Å². The van der Waals surface area contributed by atoms with Crippen molar-refractivity contribution in [2.24, 2.45) is 17.6 Å². The van der Waals surface area contributed by atoms with E-state index in [0.717, 1.165) is 12.2 Å². The molecule has 0 radical (unpaired) electrons. The first-order chi connectivity index (χ1) is 7.15. The molecule has 2 heteroatoms. The minimum atomic E-state index is 0.152. The van der Waals surface area contributed by atoms with Crippen LogP contribution in [0.2, 0.25) is 0 Å². The molecule has 3 atom stereocenters. The van der Waals surface area contributed by atoms with Gasteiger partial charge in [-0.15, -0.1) is 0 Å². The van der Waals surface area contributed by atoms with Gasteiger partial charge in [-0.2, -0.15) is 0 Å². The van der Waals surface area contributed by atoms with Crippen molar-refractivity contribution in [3.63, 3.8) is 0 Å². The van der Waals surface area contributed by atoms with E-state index in [9.17, 15) is 0 Å². The standard InChI is InChI=1S/C13H19NO/c1-8-7-11-10(13(14)9(8)2)5-4-6-12(11)15-3/h4-6,8-9,13H,7,14H2,1-3H3. The van der Waals surface area contributed by atoms with Crippen LogP contribution in [0.3, 0.4) is 0 Å². The van der Waals surface area contributed by atoms with Crippen molar-refractivity contribution < 1.29 is 4.74 Å². The first-order valence-corrected chi connectivity index (χ1v) is 5.56. The molecule has 1 aromatic rings. The summed E-state index contributed by atoms with van der Waals surface area (Å²) in [6.07, 6.45) is 1.08. The first-order valence-electron chi connectivity index (χ1n) is 5.56. The molecule has 82 valence electrons. The fourth-order valence-corrected chi connectivity index (χ4v) is 2.45. The molecule has 0 bridgehead atoms. The van der Waals surface area contributed by atoms with Gasteiger partial charge in [0.1, 0.15) is 5.75 Å². The minimum Gasteiger partial charge on any atom is -0.496 e. The van der Waals surface area contributed by atoms with Gasteiger partial charge in [0.25, 0.3) is 0 Å². The third-order valence-corrected chi connectivity index (χ3v) is 3.74. The number of rotatable bonds is 1. The Morgan fingerprint density at radius 2 is 2.07 bits per heavy atom. The third kappa shape index (κ3) is 1.63. The van der Waals surface area contributed by atoms with Crippen molar-refractivity contribution in [3.05, 3.63) is 29.3 Å². The molecule has 15 heavy (non-hydrogen) atoms. The zero-order chi connectivity index (χ0) is 11.0. The molecule has 1 aromatic carbocycles. The smallest absolute Gasteiger partial charge is 0.122 e. The van der Waals surface area contributed by atoms with E-state index in [1.165, 1.54) is 11.1 Å². The van der Waals surface area contributed by atoms with Crippen molar-refractivity contribution in [1.82, 2.24) is 0 Å². The second-order valence-electron chi connectivity index (χ2n) is 4.59. The fourth-order valence-electron chi connectivity index (χ4n) is 2.45. The average molecular weight is 205 g/mol. The monoisotopic (exact) mass is 205 g/mol. The van der Waals surface area contributed by atoms with Gasteiger partial charge in [-0.05, 0) is 35.4 Å². The van der Waals surface area contributed by atoms with Gasteiger partial charge in [0.2, 0.25) is 0 Å². The molecule has 2 nitrogen and oxygen atoms in total. The summed E-state index contributed by atoms with van der Waals surface area (Å²) in [6.45, 7) is 4.50. The van der Waals surface area contributed by atoms with Gasteiger partial charge in [-0.3, -0.25) is 0 Å². The molecule has 0 fully saturated rings. The molecule has 0 spiro atoms. The zero-order valence-electron chi connectivity index (χ0n) is 9.66. The van der Waals surface area contributed by atoms with Crippen molar-refractivity contribution in [3.8, 4) is 5.75 Å². The molecule has 0 amide bonds. The number of methoxy groups -OCH3 is 1. The van der Waals surface area contributed by atoms with Crippen molar-refractivity contribution in [1.29, 1.82) is 0 Å². The lowest BCUT2D eigenvalue weighted by Crippen LogP contribution is -2.31. The number of hydrogen-bond donors (Lipinski definition) is 1. The summed E-state index contributed by atoms with van der Waals surface area (Å²) < 4.78 is 5.39. The molecule has 0 saturated heterocycles. The summed E-state index contributed by atoms with van der Waals surface area (Å²) in [7, 11) is 1.73. The summed E-state index contributed by atoms with van der Waals surface area (Å²) in [5.41, 5.74) is 8.82. The maximum atomic E-state index is 6.25. The lowest BCUT2D eigenvalue weighted by atomic mass is 9.74. The topological polar surface area (TPSA) is 35.2 Å². The van der Waals surface area contributed by atoms with Crippen molar-refractivity contribution in [2.45, 2.75) is 26.3 Å². The predicted octanol–water partition coefficient (Wildman–Crippen LogP) is 2.52. The lowest BCUT2D eigenvalue weighted by molar-refractivity contribution is 0.296. The predicted molar refractivity (Wildman–Crippen MR) is 62.0 cm³/mol. The third-order valence-electron chi connectivity index (χ3n) is 3.74. The van der Waals surface area contributed by atoms with Crippen molar-refractivity contribution >= 4 is 0 Å². The van der Waals surface area contributed by atoms with Crippen molar-refractivity contribution in [2.75, 3.05) is 7.11 Å². The van der Waals surface area contributed by atoms with Crippen LogP contribution in [0.15, 0.2) is 18.2 Å². The molecule has 2 N–H and O–H groups in total. The minimum absolute atomic E-state index is 0.152. The molecule has 1 aliphatic rings. The highest BCUT2D eigenvalue weighted by molar-refractivity contribution is 5.44. The maximum absolute atomic E-state index is 6.25. The SMILES string of the molecule is COc1cccc2c1CC(C)C(C)C2N. The van der Waals surface area contributed by atoms with Gasteiger partial charge < -0.3 is 10.5 Å². The van der Waals surface area contributed by atoms with Crippen LogP contribution >= 0.6 is 0 Å². The zero-order valence-corrected chi connectivity index (χ0v) is 9.66. The normalized spacial score (nSPS) is 29.7. The Bertz CT molecular complexity index is 362. The van der Waals surface area contributed by atoms with Crippen LogP contribution in [0.1, 0.15) is 31.0 Å². The van der Waals surface area contributed by atoms with Crippen LogP contribution in [-0.2, 0) is 6.42 Å². The molecular weight excluding hydrogens is 186 g/mol. The lowest BCUT2D eigenvalue weighted by Gasteiger charge is -2.34. The van der Waals surface area contributed by atoms with Crippen LogP contribution in [0, 0.1) is 11.8 Å². The summed E-state index contributed by atoms with van der Waals surface area (Å²) in [6, 6.07) is 6.33. The highest BCUT2D eigenvalue weighted by Gasteiger charge is 2.30. The molecule has 0 aromatic heterocycles. The Labute approximate surface area is 91.4 Å². The average Bonchev–Trinajstić information content (AvgIpc) is 2.25. The van der Waals surface area contributed by atoms with Crippen LogP contribution in [0.5, 0.6) is 5.75 Å². The summed E-state index contributed by atoms with van der Waals surface area (Å²) >= 11 is 0. The Kier molecular flexibility index (Phi) is 2.70. The van der Waals surface area contributed by atoms with E-state index in [2.05, 4.69) is 19.9 Å². The largest absolute Gasteiger partial charge is 0.496 e. The molecule has 0 heterocycles. The summed E-state index contributed by atoms with van der Waals surface area (Å²) in [5, 5.41) is 0. The molecular formula is C13H19NO. The van der Waals surface area contributed by atoms with E-state index in [0.29, 0.717) is 11.8 Å². The van der Waals surface area contributed by atoms with E-state index in [1.54, 1.807) is 7.11 Å². The highest BCUT2D eigenvalue weighted by atomic mass is 16.5. The number of hydrogen-bond acceptors (Lipinski definition) is 2. The second-order valence-corrected chi connectivity index (χ2v) is 4.59. The number of benzene rings is 1. The molecule has 1 aliphatic carbocycles. The van der Waals surface area contributed by atoms with E-state index >= 15 is 0 Å². The summed E-state index contributed by atoms with van der Waals surface area (Å²) in [5.74, 6) is 2.16. The number of nitrogens with two attached hydrogens (primary N) is 1. The molecule has 2 rings (SSSR count). The summed E-state index contributed by atoms with van der Waals surface area (Å²) in [4.78, 5) is 0. The Balaban J connectivity index is 2.49. The maximum Gasteiger partial charge on any atom is 0.122 e. The molecule has 0 aliphatic heterocycles. The Morgan fingerprint density at radius 1 is 1.33 bits per heavy atom. The van der Waals surface area contributed by atoms with Gasteiger partial charge in [0, 0.05) is 6.04 Å². The van der Waals surface area contributed by atoms with Gasteiger partial charge in [0.15, 0.2) is 0 Å². The van der Waals surface area contributed by atoms with E-state index in [4.69, 9.17) is 10.5 Å². The quantitative estimate of drug-likeness (QED) is 0.764. The van der Waals surface area contributed by atoms with Crippen LogP contribution in [-0.4, -0.2) is 7.11 Å². The molecule has 3 unspecified atom stereocenters. The Morgan fingerprint density at radius 3 is 2.73 bits per heavy atom. The molecule has 0 saturated carbocycles. The Hall–Kier alpha value is -1.02. The van der Waals surface area contributed by atoms with Gasteiger partial charge in [-0.1, -0.05) is 26.0 Å². The van der Waals surface area contributed by atoms with E-state index < -0.39 is 0 Å². The first kappa shape index (κ1) is 10.5. The van der Waals surface area contributed by atoms with Gasteiger partial charge >= 0.3 is 0 Å². The van der Waals surface area contributed by atoms with Crippen LogP contribution < -0.4 is 10.5 Å². The van der Waals surface area contributed by atoms with E-state index in [1.807, 2.05) is 12.1 Å². The van der Waals surface area contributed by atoms with Gasteiger partial charge in [-0.25, -0.2) is 0 Å². The second kappa shape index (κ2) is 3.86. The fraction of sp³-hybridized carbons (Fsp3) is 0.538. The number of ether oxygens (including phenoxy) is 1. The highest BCUT2D eigenvalue weighted by Crippen LogP contribution is 2.39. The van der Waals surface area contributed by atoms with Gasteiger partial charge in [0.05, 0.1) is 7.11 Å². The van der Waals surface area contributed by atoms with Crippen LogP contribution in [0.4, 0.5) is 0 Å². The van der Waals surface area contributed by atoms with E-state index in [-0.39, 0.29) is 6.04 Å².